The Morgan fingerprint density at radius 2 is 2.15 bits per heavy atom. The largest absolute Gasteiger partial charge is 0.379 e. The molecule has 0 saturated carbocycles. The maximum absolute atomic E-state index is 12.0. The summed E-state index contributed by atoms with van der Waals surface area (Å²) in [5.74, 6) is 0. The molecule has 4 aliphatic heterocycles. The van der Waals surface area contributed by atoms with Crippen LogP contribution in [-0.2, 0) is 18.2 Å². The number of urea groups is 1. The molecule has 1 unspecified atom stereocenters. The number of fused-ring (bicyclic) bond motifs is 1. The number of anilines is 1. The molecule has 2 aromatic rings. The first kappa shape index (κ1) is 20.6. The summed E-state index contributed by atoms with van der Waals surface area (Å²) in [4.78, 5) is 16.2. The van der Waals surface area contributed by atoms with Crippen molar-refractivity contribution in [1.29, 1.82) is 0 Å². The molecule has 5 heterocycles. The first-order valence-electron chi connectivity index (χ1n) is 11.9. The standard InChI is InChI=1S/C24H31N7O2/c1-28-13-18(12-26-28)16-4-5-21-17(11-16)3-2-8-30(21)23-20-14-29(24(25)32)9-6-22(20)31(27-23)19-7-10-33-15-19/h4-5,11-13,19,23,27H,2-3,6-10,14-15H2,1H3,(H2,25,32)/t19-,23?/m0/s1. The quantitative estimate of drug-likeness (QED) is 0.743. The summed E-state index contributed by atoms with van der Waals surface area (Å²) in [6, 6.07) is 6.73. The number of hydrogen-bond donors (Lipinski definition) is 2. The van der Waals surface area contributed by atoms with Crippen molar-refractivity contribution < 1.29 is 9.53 Å². The fourth-order valence-electron chi connectivity index (χ4n) is 5.73. The van der Waals surface area contributed by atoms with Crippen LogP contribution >= 0.6 is 0 Å². The molecule has 1 aromatic heterocycles. The predicted octanol–water partition coefficient (Wildman–Crippen LogP) is 1.81. The molecule has 4 aliphatic rings. The van der Waals surface area contributed by atoms with Crippen molar-refractivity contribution in [2.24, 2.45) is 12.8 Å². The van der Waals surface area contributed by atoms with Crippen LogP contribution in [0.2, 0.25) is 0 Å². The van der Waals surface area contributed by atoms with Crippen molar-refractivity contribution in [2.45, 2.75) is 37.9 Å². The first-order valence-corrected chi connectivity index (χ1v) is 11.9. The molecule has 3 N–H and O–H groups in total. The molecule has 0 radical (unpaired) electrons. The van der Waals surface area contributed by atoms with Gasteiger partial charge in [-0.15, -0.1) is 0 Å². The fourth-order valence-corrected chi connectivity index (χ4v) is 5.73. The van der Waals surface area contributed by atoms with Crippen LogP contribution in [0.15, 0.2) is 41.9 Å². The lowest BCUT2D eigenvalue weighted by atomic mass is 9.95. The Balaban J connectivity index is 1.34. The second kappa shape index (κ2) is 8.07. The summed E-state index contributed by atoms with van der Waals surface area (Å²) < 4.78 is 7.53. The van der Waals surface area contributed by atoms with Crippen LogP contribution in [0, 0.1) is 0 Å². The third-order valence-corrected chi connectivity index (χ3v) is 7.40. The van der Waals surface area contributed by atoms with E-state index in [0.29, 0.717) is 19.1 Å². The van der Waals surface area contributed by atoms with E-state index in [1.54, 1.807) is 4.90 Å². The van der Waals surface area contributed by atoms with E-state index in [-0.39, 0.29) is 12.2 Å². The number of carbonyl (C=O) groups excluding carboxylic acids is 1. The first-order chi connectivity index (χ1) is 16.1. The molecule has 0 bridgehead atoms. The highest BCUT2D eigenvalue weighted by Gasteiger charge is 2.42. The maximum atomic E-state index is 12.0. The Morgan fingerprint density at radius 1 is 1.24 bits per heavy atom. The van der Waals surface area contributed by atoms with Crippen molar-refractivity contribution in [3.63, 3.8) is 0 Å². The molecular weight excluding hydrogens is 418 g/mol. The molecule has 2 amide bonds. The molecule has 174 valence electrons. The van der Waals surface area contributed by atoms with E-state index >= 15 is 0 Å². The van der Waals surface area contributed by atoms with E-state index in [4.69, 9.17) is 10.5 Å². The molecule has 6 rings (SSSR count). The number of nitrogens with one attached hydrogen (secondary N) is 1. The van der Waals surface area contributed by atoms with Crippen molar-refractivity contribution in [1.82, 2.24) is 25.1 Å². The van der Waals surface area contributed by atoms with Crippen LogP contribution in [-0.4, -0.2) is 70.8 Å². The Labute approximate surface area is 193 Å². The van der Waals surface area contributed by atoms with Crippen molar-refractivity contribution >= 4 is 11.7 Å². The number of nitrogens with zero attached hydrogens (tertiary/aromatic N) is 5. The molecule has 9 heteroatoms. The van der Waals surface area contributed by atoms with Gasteiger partial charge in [0.25, 0.3) is 0 Å². The van der Waals surface area contributed by atoms with Crippen molar-refractivity contribution in [3.05, 3.63) is 47.4 Å². The summed E-state index contributed by atoms with van der Waals surface area (Å²) in [6.07, 6.45) is 7.98. The number of amides is 2. The van der Waals surface area contributed by atoms with Gasteiger partial charge in [0.15, 0.2) is 0 Å². The zero-order valence-electron chi connectivity index (χ0n) is 19.0. The highest BCUT2D eigenvalue weighted by Crippen LogP contribution is 2.38. The lowest BCUT2D eigenvalue weighted by Gasteiger charge is -2.39. The van der Waals surface area contributed by atoms with Gasteiger partial charge in [-0.25, -0.2) is 10.2 Å². The average molecular weight is 450 g/mol. The lowest BCUT2D eigenvalue weighted by molar-refractivity contribution is 0.132. The Bertz CT molecular complexity index is 1100. The van der Waals surface area contributed by atoms with Crippen LogP contribution in [0.25, 0.3) is 11.1 Å². The average Bonchev–Trinajstić information content (AvgIpc) is 3.57. The zero-order valence-corrected chi connectivity index (χ0v) is 19.0. The van der Waals surface area contributed by atoms with Gasteiger partial charge in [0.1, 0.15) is 6.17 Å². The summed E-state index contributed by atoms with van der Waals surface area (Å²) in [6.45, 7) is 3.75. The van der Waals surface area contributed by atoms with Crippen LogP contribution < -0.4 is 16.1 Å². The smallest absolute Gasteiger partial charge is 0.315 e. The fraction of sp³-hybridized carbons (Fsp3) is 0.500. The van der Waals surface area contributed by atoms with Crippen LogP contribution in [0.5, 0.6) is 0 Å². The number of primary amides is 1. The van der Waals surface area contributed by atoms with E-state index in [2.05, 4.69) is 44.8 Å². The van der Waals surface area contributed by atoms with Gasteiger partial charge in [-0.1, -0.05) is 6.07 Å². The molecule has 1 saturated heterocycles. The third-order valence-electron chi connectivity index (χ3n) is 7.40. The number of rotatable bonds is 3. The van der Waals surface area contributed by atoms with E-state index in [9.17, 15) is 4.79 Å². The molecular formula is C24H31N7O2. The van der Waals surface area contributed by atoms with Gasteiger partial charge < -0.3 is 25.3 Å². The minimum atomic E-state index is -0.344. The summed E-state index contributed by atoms with van der Waals surface area (Å²) >= 11 is 0. The SMILES string of the molecule is Cn1cc(-c2ccc3c(c2)CCCN3C2NN([C@H]3CCOC3)C3=C2CN(C(N)=O)CC3)cn1. The number of aromatic nitrogens is 2. The molecule has 33 heavy (non-hydrogen) atoms. The molecule has 1 fully saturated rings. The molecule has 9 nitrogen and oxygen atoms in total. The number of hydrazine groups is 1. The second-order valence-electron chi connectivity index (χ2n) is 9.44. The highest BCUT2D eigenvalue weighted by molar-refractivity contribution is 5.73. The predicted molar refractivity (Wildman–Crippen MR) is 125 cm³/mol. The molecule has 0 spiro atoms. The van der Waals surface area contributed by atoms with Gasteiger partial charge in [-0.3, -0.25) is 4.68 Å². The number of ether oxygens (including phenoxy) is 1. The van der Waals surface area contributed by atoms with Gasteiger partial charge in [0.2, 0.25) is 0 Å². The van der Waals surface area contributed by atoms with Crippen LogP contribution in [0.3, 0.4) is 0 Å². The highest BCUT2D eigenvalue weighted by atomic mass is 16.5. The number of hydrogen-bond acceptors (Lipinski definition) is 6. The monoisotopic (exact) mass is 449 g/mol. The van der Waals surface area contributed by atoms with Crippen LogP contribution in [0.4, 0.5) is 10.5 Å². The van der Waals surface area contributed by atoms with E-state index in [1.165, 1.54) is 28.1 Å². The molecule has 2 atom stereocenters. The lowest BCUT2D eigenvalue weighted by Crippen LogP contribution is -2.53. The van der Waals surface area contributed by atoms with E-state index in [0.717, 1.165) is 51.0 Å². The Hall–Kier alpha value is -3.04. The van der Waals surface area contributed by atoms with Gasteiger partial charge in [-0.05, 0) is 42.5 Å². The van der Waals surface area contributed by atoms with Crippen LogP contribution in [0.1, 0.15) is 24.8 Å². The number of benzene rings is 1. The minimum absolute atomic E-state index is 0.0195. The van der Waals surface area contributed by atoms with E-state index in [1.807, 2.05) is 17.9 Å². The Morgan fingerprint density at radius 3 is 2.91 bits per heavy atom. The minimum Gasteiger partial charge on any atom is -0.379 e. The summed E-state index contributed by atoms with van der Waals surface area (Å²) in [5, 5.41) is 6.66. The third kappa shape index (κ3) is 3.55. The summed E-state index contributed by atoms with van der Waals surface area (Å²) in [7, 11) is 1.95. The van der Waals surface area contributed by atoms with Crippen molar-refractivity contribution in [3.8, 4) is 11.1 Å². The second-order valence-corrected chi connectivity index (χ2v) is 9.44. The van der Waals surface area contributed by atoms with Gasteiger partial charge in [-0.2, -0.15) is 5.10 Å². The molecule has 1 aromatic carbocycles. The number of nitrogens with two attached hydrogens (primary N) is 1. The zero-order chi connectivity index (χ0) is 22.5. The van der Waals surface area contributed by atoms with E-state index < -0.39 is 0 Å². The van der Waals surface area contributed by atoms with Crippen molar-refractivity contribution in [2.75, 3.05) is 37.7 Å². The van der Waals surface area contributed by atoms with Gasteiger partial charge >= 0.3 is 6.03 Å². The Kier molecular flexibility index (Phi) is 5.03. The maximum Gasteiger partial charge on any atom is 0.315 e. The topological polar surface area (TPSA) is 91.9 Å². The molecule has 0 aliphatic carbocycles. The van der Waals surface area contributed by atoms with Gasteiger partial charge in [0.05, 0.1) is 18.8 Å². The number of carbonyl (C=O) groups is 1. The summed E-state index contributed by atoms with van der Waals surface area (Å²) in [5.41, 5.74) is 17.0. The van der Waals surface area contributed by atoms with Gasteiger partial charge in [0, 0.05) is 68.4 Å². The number of aryl methyl sites for hydroxylation is 2. The normalized spacial score (nSPS) is 24.9.